The monoisotopic (exact) mass is 322 g/mol. The van der Waals surface area contributed by atoms with E-state index in [1.54, 1.807) is 6.92 Å². The molecule has 0 spiro atoms. The number of aliphatic carboxylic acids is 2. The molecule has 0 unspecified atom stereocenters. The minimum absolute atomic E-state index is 0.0125. The van der Waals surface area contributed by atoms with E-state index < -0.39 is 11.9 Å². The van der Waals surface area contributed by atoms with Crippen LogP contribution in [0.4, 0.5) is 0 Å². The fraction of sp³-hybridized carbons (Fsp3) is 0.471. The van der Waals surface area contributed by atoms with Crippen molar-refractivity contribution in [3.63, 3.8) is 0 Å². The Morgan fingerprint density at radius 3 is 1.96 bits per heavy atom. The predicted octanol–water partition coefficient (Wildman–Crippen LogP) is 2.22. The van der Waals surface area contributed by atoms with Crippen molar-refractivity contribution in [2.24, 2.45) is 0 Å². The Labute approximate surface area is 135 Å². The van der Waals surface area contributed by atoms with Gasteiger partial charge >= 0.3 is 17.9 Å². The van der Waals surface area contributed by atoms with Crippen LogP contribution in [0, 0.1) is 0 Å². The molecule has 126 valence electrons. The van der Waals surface area contributed by atoms with Gasteiger partial charge in [-0.05, 0) is 42.9 Å². The Hall–Kier alpha value is -2.37. The van der Waals surface area contributed by atoms with Crippen molar-refractivity contribution >= 4 is 17.9 Å². The summed E-state index contributed by atoms with van der Waals surface area (Å²) in [6.07, 6.45) is 1.30. The number of hydrogen-bond donors (Lipinski definition) is 2. The van der Waals surface area contributed by atoms with Gasteiger partial charge in [0.1, 0.15) is 0 Å². The molecule has 0 amide bonds. The molecule has 0 fully saturated rings. The lowest BCUT2D eigenvalue weighted by Crippen LogP contribution is -2.09. The van der Waals surface area contributed by atoms with E-state index in [-0.39, 0.29) is 25.2 Å². The third-order valence-electron chi connectivity index (χ3n) is 3.47. The number of ether oxygens (including phenoxy) is 1. The highest BCUT2D eigenvalue weighted by Gasteiger charge is 2.13. The molecule has 0 radical (unpaired) electrons. The average molecular weight is 322 g/mol. The summed E-state index contributed by atoms with van der Waals surface area (Å²) in [5, 5.41) is 17.7. The van der Waals surface area contributed by atoms with Gasteiger partial charge in [0.05, 0.1) is 6.61 Å². The van der Waals surface area contributed by atoms with E-state index in [1.165, 1.54) is 0 Å². The number of rotatable bonds is 10. The van der Waals surface area contributed by atoms with E-state index in [1.807, 2.05) is 18.2 Å². The second kappa shape index (κ2) is 9.61. The minimum atomic E-state index is -0.908. The van der Waals surface area contributed by atoms with Crippen LogP contribution in [0.3, 0.4) is 0 Å². The molecule has 0 heterocycles. The maximum absolute atomic E-state index is 11.5. The molecule has 6 nitrogen and oxygen atoms in total. The zero-order valence-electron chi connectivity index (χ0n) is 13.2. The molecule has 1 aromatic rings. The van der Waals surface area contributed by atoms with Gasteiger partial charge in [-0.25, -0.2) is 0 Å². The van der Waals surface area contributed by atoms with Crippen molar-refractivity contribution in [3.8, 4) is 0 Å². The quantitative estimate of drug-likeness (QED) is 0.641. The van der Waals surface area contributed by atoms with E-state index in [4.69, 9.17) is 14.9 Å². The highest BCUT2D eigenvalue weighted by molar-refractivity contribution is 5.70. The molecule has 0 aliphatic rings. The lowest BCUT2D eigenvalue weighted by molar-refractivity contribution is -0.143. The van der Waals surface area contributed by atoms with Crippen molar-refractivity contribution in [2.45, 2.75) is 45.4 Å². The topological polar surface area (TPSA) is 101 Å². The average Bonchev–Trinajstić information content (AvgIpc) is 2.49. The van der Waals surface area contributed by atoms with Gasteiger partial charge in [-0.15, -0.1) is 0 Å². The fourth-order valence-electron chi connectivity index (χ4n) is 2.42. The molecular weight excluding hydrogens is 300 g/mol. The number of aryl methyl sites for hydroxylation is 2. The van der Waals surface area contributed by atoms with Gasteiger partial charge < -0.3 is 14.9 Å². The number of benzene rings is 1. The number of carboxylic acid groups (broad SMARTS) is 2. The molecule has 2 N–H and O–H groups in total. The van der Waals surface area contributed by atoms with Crippen LogP contribution < -0.4 is 0 Å². The van der Waals surface area contributed by atoms with Gasteiger partial charge in [0.2, 0.25) is 0 Å². The number of hydrogen-bond acceptors (Lipinski definition) is 4. The van der Waals surface area contributed by atoms with Crippen LogP contribution in [0.25, 0.3) is 0 Å². The standard InChI is InChI=1S/C17H22O6/c1-2-23-17(22)11-7-13-5-3-4-12(6-9-15(18)19)14(13)8-10-16(20)21/h3-5H,2,6-11H2,1H3,(H,18,19)(H,20,21). The summed E-state index contributed by atoms with van der Waals surface area (Å²) in [7, 11) is 0. The van der Waals surface area contributed by atoms with Crippen molar-refractivity contribution in [1.82, 2.24) is 0 Å². The molecule has 0 bridgehead atoms. The number of carbonyl (C=O) groups is 3. The first-order valence-corrected chi connectivity index (χ1v) is 7.62. The Balaban J connectivity index is 2.92. The Kier molecular flexibility index (Phi) is 7.80. The maximum Gasteiger partial charge on any atom is 0.306 e. The van der Waals surface area contributed by atoms with Gasteiger partial charge in [-0.1, -0.05) is 18.2 Å². The number of carboxylic acids is 2. The van der Waals surface area contributed by atoms with Crippen molar-refractivity contribution in [2.75, 3.05) is 6.61 Å². The van der Waals surface area contributed by atoms with Crippen LogP contribution in [-0.4, -0.2) is 34.7 Å². The largest absolute Gasteiger partial charge is 0.481 e. The van der Waals surface area contributed by atoms with E-state index in [0.717, 1.165) is 16.7 Å². The molecule has 1 rings (SSSR count). The molecule has 1 aromatic carbocycles. The Bertz CT molecular complexity index is 564. The highest BCUT2D eigenvalue weighted by atomic mass is 16.5. The molecule has 0 saturated heterocycles. The van der Waals surface area contributed by atoms with Crippen LogP contribution in [0.2, 0.25) is 0 Å². The Morgan fingerprint density at radius 1 is 0.913 bits per heavy atom. The molecular formula is C17H22O6. The van der Waals surface area contributed by atoms with Crippen molar-refractivity contribution in [3.05, 3.63) is 34.9 Å². The first-order chi connectivity index (χ1) is 10.9. The predicted molar refractivity (Wildman–Crippen MR) is 83.3 cm³/mol. The molecule has 0 aliphatic carbocycles. The summed E-state index contributed by atoms with van der Waals surface area (Å²) in [5.41, 5.74) is 2.54. The SMILES string of the molecule is CCOC(=O)CCc1cccc(CCC(=O)O)c1CCC(=O)O. The summed E-state index contributed by atoms with van der Waals surface area (Å²) < 4.78 is 4.90. The van der Waals surface area contributed by atoms with Crippen molar-refractivity contribution in [1.29, 1.82) is 0 Å². The van der Waals surface area contributed by atoms with E-state index in [2.05, 4.69) is 0 Å². The minimum Gasteiger partial charge on any atom is -0.481 e. The second-order valence-electron chi connectivity index (χ2n) is 5.15. The van der Waals surface area contributed by atoms with Crippen LogP contribution in [0.15, 0.2) is 18.2 Å². The summed E-state index contributed by atoms with van der Waals surface area (Å²) in [6, 6.07) is 5.47. The van der Waals surface area contributed by atoms with Gasteiger partial charge in [0, 0.05) is 19.3 Å². The third-order valence-corrected chi connectivity index (χ3v) is 3.47. The van der Waals surface area contributed by atoms with Crippen LogP contribution in [0.5, 0.6) is 0 Å². The molecule has 6 heteroatoms. The van der Waals surface area contributed by atoms with E-state index in [0.29, 0.717) is 25.9 Å². The summed E-state index contributed by atoms with van der Waals surface area (Å²) in [4.78, 5) is 33.1. The number of carbonyl (C=O) groups excluding carboxylic acids is 1. The molecule has 0 aliphatic heterocycles. The lowest BCUT2D eigenvalue weighted by Gasteiger charge is -2.14. The smallest absolute Gasteiger partial charge is 0.306 e. The van der Waals surface area contributed by atoms with E-state index in [9.17, 15) is 14.4 Å². The van der Waals surface area contributed by atoms with Crippen LogP contribution >= 0.6 is 0 Å². The third kappa shape index (κ3) is 6.95. The summed E-state index contributed by atoms with van der Waals surface area (Å²) >= 11 is 0. The summed E-state index contributed by atoms with van der Waals surface area (Å²) in [6.45, 7) is 2.06. The zero-order valence-corrected chi connectivity index (χ0v) is 13.2. The lowest BCUT2D eigenvalue weighted by atomic mass is 9.92. The van der Waals surface area contributed by atoms with E-state index >= 15 is 0 Å². The first kappa shape index (κ1) is 18.7. The fourth-order valence-corrected chi connectivity index (χ4v) is 2.42. The zero-order chi connectivity index (χ0) is 17.2. The van der Waals surface area contributed by atoms with Crippen molar-refractivity contribution < 1.29 is 29.3 Å². The van der Waals surface area contributed by atoms with Gasteiger partial charge in [0.25, 0.3) is 0 Å². The Morgan fingerprint density at radius 2 is 1.43 bits per heavy atom. The van der Waals surface area contributed by atoms with Gasteiger partial charge in [-0.2, -0.15) is 0 Å². The number of esters is 1. The first-order valence-electron chi connectivity index (χ1n) is 7.62. The normalized spacial score (nSPS) is 10.3. The second-order valence-corrected chi connectivity index (χ2v) is 5.15. The van der Waals surface area contributed by atoms with Crippen LogP contribution in [0.1, 0.15) is 42.9 Å². The van der Waals surface area contributed by atoms with Gasteiger partial charge in [-0.3, -0.25) is 14.4 Å². The van der Waals surface area contributed by atoms with Crippen LogP contribution in [-0.2, 0) is 38.4 Å². The maximum atomic E-state index is 11.5. The molecule has 0 saturated carbocycles. The highest BCUT2D eigenvalue weighted by Crippen LogP contribution is 2.20. The molecule has 23 heavy (non-hydrogen) atoms. The molecule has 0 aromatic heterocycles. The summed E-state index contributed by atoms with van der Waals surface area (Å²) in [5.74, 6) is -2.10. The van der Waals surface area contributed by atoms with Gasteiger partial charge in [0.15, 0.2) is 0 Å². The molecule has 0 atom stereocenters.